The second-order valence-corrected chi connectivity index (χ2v) is 8.69. The number of nitrogens with one attached hydrogen (secondary N) is 1. The molecule has 2 aliphatic rings. The van der Waals surface area contributed by atoms with Crippen molar-refractivity contribution in [1.82, 2.24) is 10.2 Å². The van der Waals surface area contributed by atoms with Crippen LogP contribution in [-0.2, 0) is 13.1 Å². The van der Waals surface area contributed by atoms with Gasteiger partial charge in [0, 0.05) is 42.5 Å². The first-order valence-corrected chi connectivity index (χ1v) is 11.5. The molecule has 3 aromatic rings. The number of anilines is 1. The number of urea groups is 1. The van der Waals surface area contributed by atoms with Crippen molar-refractivity contribution in [3.05, 3.63) is 88.4 Å². The SMILES string of the molecule is O=C(NCc1ccc2c(c1)OCO2)c1ccc(N2CCCN(Cc3ccc(Cl)cc3)C2=O)cc1. The fourth-order valence-corrected chi connectivity index (χ4v) is 4.23. The van der Waals surface area contributed by atoms with Crippen molar-refractivity contribution < 1.29 is 19.1 Å². The quantitative estimate of drug-likeness (QED) is 0.552. The third-order valence-corrected chi connectivity index (χ3v) is 6.18. The summed E-state index contributed by atoms with van der Waals surface area (Å²) in [6, 6.07) is 20.2. The molecular weight excluding hydrogens is 454 g/mol. The van der Waals surface area contributed by atoms with Gasteiger partial charge in [-0.05, 0) is 66.1 Å². The van der Waals surface area contributed by atoms with Gasteiger partial charge < -0.3 is 19.7 Å². The molecule has 1 N–H and O–H groups in total. The van der Waals surface area contributed by atoms with Crippen LogP contribution in [0.15, 0.2) is 66.7 Å². The Hall–Kier alpha value is -3.71. The molecule has 0 saturated carbocycles. The van der Waals surface area contributed by atoms with E-state index < -0.39 is 0 Å². The van der Waals surface area contributed by atoms with Gasteiger partial charge in [-0.15, -0.1) is 0 Å². The number of nitrogens with zero attached hydrogens (tertiary/aromatic N) is 2. The molecule has 2 aliphatic heterocycles. The number of hydrogen-bond acceptors (Lipinski definition) is 4. The Morgan fingerprint density at radius 2 is 1.65 bits per heavy atom. The Kier molecular flexibility index (Phi) is 6.27. The van der Waals surface area contributed by atoms with E-state index in [-0.39, 0.29) is 18.7 Å². The zero-order chi connectivity index (χ0) is 23.5. The molecule has 1 saturated heterocycles. The second-order valence-electron chi connectivity index (χ2n) is 8.25. The van der Waals surface area contributed by atoms with Crippen LogP contribution in [0.5, 0.6) is 11.5 Å². The van der Waals surface area contributed by atoms with Crippen LogP contribution in [0.4, 0.5) is 10.5 Å². The molecule has 1 fully saturated rings. The number of hydrogen-bond donors (Lipinski definition) is 1. The van der Waals surface area contributed by atoms with Gasteiger partial charge in [-0.1, -0.05) is 29.8 Å². The lowest BCUT2D eigenvalue weighted by molar-refractivity contribution is 0.0951. The number of amides is 3. The third kappa shape index (κ3) is 4.79. The molecule has 0 radical (unpaired) electrons. The van der Waals surface area contributed by atoms with E-state index in [0.29, 0.717) is 48.3 Å². The normalized spacial score (nSPS) is 14.9. The van der Waals surface area contributed by atoms with Gasteiger partial charge in [0.25, 0.3) is 5.91 Å². The first kappa shape index (κ1) is 22.1. The molecule has 5 rings (SSSR count). The van der Waals surface area contributed by atoms with Crippen molar-refractivity contribution in [3.8, 4) is 11.5 Å². The molecule has 174 valence electrons. The van der Waals surface area contributed by atoms with E-state index in [1.807, 2.05) is 59.5 Å². The maximum atomic E-state index is 13.1. The van der Waals surface area contributed by atoms with Gasteiger partial charge in [-0.3, -0.25) is 9.69 Å². The average Bonchev–Trinajstić information content (AvgIpc) is 3.33. The lowest BCUT2D eigenvalue weighted by Gasteiger charge is -2.35. The Bertz CT molecular complexity index is 1200. The highest BCUT2D eigenvalue weighted by Gasteiger charge is 2.27. The summed E-state index contributed by atoms with van der Waals surface area (Å²) >= 11 is 5.97. The van der Waals surface area contributed by atoms with Crippen LogP contribution in [-0.4, -0.2) is 36.7 Å². The van der Waals surface area contributed by atoms with Gasteiger partial charge in [-0.25, -0.2) is 4.79 Å². The Morgan fingerprint density at radius 1 is 0.912 bits per heavy atom. The summed E-state index contributed by atoms with van der Waals surface area (Å²) in [5.41, 5.74) is 3.27. The Balaban J connectivity index is 1.20. The van der Waals surface area contributed by atoms with E-state index in [0.717, 1.165) is 23.2 Å². The van der Waals surface area contributed by atoms with E-state index in [1.54, 1.807) is 17.0 Å². The van der Waals surface area contributed by atoms with Crippen LogP contribution in [0.2, 0.25) is 5.02 Å². The molecule has 3 amide bonds. The zero-order valence-corrected chi connectivity index (χ0v) is 19.3. The summed E-state index contributed by atoms with van der Waals surface area (Å²) in [4.78, 5) is 29.3. The highest BCUT2D eigenvalue weighted by atomic mass is 35.5. The minimum Gasteiger partial charge on any atom is -0.454 e. The van der Waals surface area contributed by atoms with Crippen LogP contribution in [0, 0.1) is 0 Å². The lowest BCUT2D eigenvalue weighted by atomic mass is 10.1. The number of benzene rings is 3. The predicted molar refractivity (Wildman–Crippen MR) is 129 cm³/mol. The predicted octanol–water partition coefficient (Wildman–Crippen LogP) is 4.83. The molecule has 0 spiro atoms. The first-order valence-electron chi connectivity index (χ1n) is 11.1. The molecule has 8 heteroatoms. The maximum Gasteiger partial charge on any atom is 0.324 e. The van der Waals surface area contributed by atoms with Gasteiger partial charge in [-0.2, -0.15) is 0 Å². The summed E-state index contributed by atoms with van der Waals surface area (Å²) in [5.74, 6) is 1.22. The molecule has 34 heavy (non-hydrogen) atoms. The largest absolute Gasteiger partial charge is 0.454 e. The minimum absolute atomic E-state index is 0.0405. The molecule has 0 aromatic heterocycles. The topological polar surface area (TPSA) is 71.1 Å². The van der Waals surface area contributed by atoms with Gasteiger partial charge in [0.05, 0.1) is 0 Å². The summed E-state index contributed by atoms with van der Waals surface area (Å²) in [6.45, 7) is 2.48. The van der Waals surface area contributed by atoms with Gasteiger partial charge in [0.15, 0.2) is 11.5 Å². The number of ether oxygens (including phenoxy) is 2. The van der Waals surface area contributed by atoms with Crippen LogP contribution in [0.1, 0.15) is 27.9 Å². The molecular formula is C26H24ClN3O4. The van der Waals surface area contributed by atoms with E-state index in [2.05, 4.69) is 5.32 Å². The third-order valence-electron chi connectivity index (χ3n) is 5.93. The molecule has 0 unspecified atom stereocenters. The molecule has 0 bridgehead atoms. The molecule has 0 aliphatic carbocycles. The van der Waals surface area contributed by atoms with Gasteiger partial charge >= 0.3 is 6.03 Å². The Labute approximate surface area is 202 Å². The summed E-state index contributed by atoms with van der Waals surface area (Å²) in [6.07, 6.45) is 0.872. The fraction of sp³-hybridized carbons (Fsp3) is 0.231. The van der Waals surface area contributed by atoms with E-state index in [4.69, 9.17) is 21.1 Å². The van der Waals surface area contributed by atoms with Crippen molar-refractivity contribution in [2.75, 3.05) is 24.8 Å². The molecule has 3 aromatic carbocycles. The summed E-state index contributed by atoms with van der Waals surface area (Å²) in [5, 5.41) is 3.60. The van der Waals surface area contributed by atoms with Crippen molar-refractivity contribution in [2.24, 2.45) is 0 Å². The average molecular weight is 478 g/mol. The maximum absolute atomic E-state index is 13.1. The number of halogens is 1. The van der Waals surface area contributed by atoms with Crippen LogP contribution in [0.3, 0.4) is 0 Å². The Morgan fingerprint density at radius 3 is 2.44 bits per heavy atom. The van der Waals surface area contributed by atoms with Crippen LogP contribution in [0.25, 0.3) is 0 Å². The highest BCUT2D eigenvalue weighted by molar-refractivity contribution is 6.30. The highest BCUT2D eigenvalue weighted by Crippen LogP contribution is 2.32. The van der Waals surface area contributed by atoms with Crippen molar-refractivity contribution in [2.45, 2.75) is 19.5 Å². The van der Waals surface area contributed by atoms with Gasteiger partial charge in [0.2, 0.25) is 6.79 Å². The van der Waals surface area contributed by atoms with E-state index in [1.165, 1.54) is 0 Å². The summed E-state index contributed by atoms with van der Waals surface area (Å²) in [7, 11) is 0. The summed E-state index contributed by atoms with van der Waals surface area (Å²) < 4.78 is 10.7. The zero-order valence-electron chi connectivity index (χ0n) is 18.5. The number of carbonyl (C=O) groups is 2. The number of carbonyl (C=O) groups excluding carboxylic acids is 2. The lowest BCUT2D eigenvalue weighted by Crippen LogP contribution is -2.49. The van der Waals surface area contributed by atoms with Crippen molar-refractivity contribution in [3.63, 3.8) is 0 Å². The molecule has 7 nitrogen and oxygen atoms in total. The van der Waals surface area contributed by atoms with E-state index in [9.17, 15) is 9.59 Å². The molecule has 0 atom stereocenters. The monoisotopic (exact) mass is 477 g/mol. The van der Waals surface area contributed by atoms with Crippen molar-refractivity contribution in [1.29, 1.82) is 0 Å². The fourth-order valence-electron chi connectivity index (χ4n) is 4.11. The second kappa shape index (κ2) is 9.65. The van der Waals surface area contributed by atoms with E-state index >= 15 is 0 Å². The standard InChI is InChI=1S/C26H24ClN3O4/c27-21-7-2-18(3-8-21)16-29-12-1-13-30(26(29)32)22-9-5-20(6-10-22)25(31)28-15-19-4-11-23-24(14-19)34-17-33-23/h2-11,14H,1,12-13,15-17H2,(H,28,31). The smallest absolute Gasteiger partial charge is 0.324 e. The van der Waals surface area contributed by atoms with Crippen LogP contribution >= 0.6 is 11.6 Å². The number of rotatable bonds is 6. The minimum atomic E-state index is -0.182. The number of fused-ring (bicyclic) bond motifs is 1. The first-order chi connectivity index (χ1) is 16.6. The molecule has 2 heterocycles. The van der Waals surface area contributed by atoms with Crippen molar-refractivity contribution >= 4 is 29.2 Å². The van der Waals surface area contributed by atoms with Gasteiger partial charge in [0.1, 0.15) is 0 Å². The van der Waals surface area contributed by atoms with Crippen LogP contribution < -0.4 is 19.7 Å².